The van der Waals surface area contributed by atoms with Gasteiger partial charge < -0.3 is 10.2 Å². The molecule has 0 atom stereocenters. The second-order valence-corrected chi connectivity index (χ2v) is 2.79. The van der Waals surface area contributed by atoms with Crippen LogP contribution in [0.25, 0.3) is 0 Å². The molecule has 0 unspecified atom stereocenters. The third-order valence-corrected chi connectivity index (χ3v) is 1.93. The van der Waals surface area contributed by atoms with Crippen molar-refractivity contribution in [2.24, 2.45) is 0 Å². The lowest BCUT2D eigenvalue weighted by molar-refractivity contribution is 0.273. The number of aryl methyl sites for hydroxylation is 1. The van der Waals surface area contributed by atoms with Gasteiger partial charge in [0.2, 0.25) is 0 Å². The summed E-state index contributed by atoms with van der Waals surface area (Å²) >= 11 is 0. The molecule has 2 N–H and O–H groups in total. The molecule has 0 aliphatic carbocycles. The van der Waals surface area contributed by atoms with Gasteiger partial charge in [0.05, 0.1) is 12.3 Å². The van der Waals surface area contributed by atoms with Gasteiger partial charge >= 0.3 is 0 Å². The predicted molar refractivity (Wildman–Crippen MR) is 47.0 cm³/mol. The summed E-state index contributed by atoms with van der Waals surface area (Å²) in [7, 11) is 0. The van der Waals surface area contributed by atoms with Crippen molar-refractivity contribution in [3.05, 3.63) is 11.4 Å². The van der Waals surface area contributed by atoms with Crippen LogP contribution in [0.1, 0.15) is 24.7 Å². The smallest absolute Gasteiger partial charge is 0.111 e. The third-order valence-electron chi connectivity index (χ3n) is 1.93. The fourth-order valence-corrected chi connectivity index (χ4v) is 1.28. The first-order valence-electron chi connectivity index (χ1n) is 4.46. The highest BCUT2D eigenvalue weighted by Crippen LogP contribution is 2.06. The Morgan fingerprint density at radius 1 is 1.38 bits per heavy atom. The summed E-state index contributed by atoms with van der Waals surface area (Å²) in [6, 6.07) is 0. The van der Waals surface area contributed by atoms with Crippen LogP contribution in [0, 0.1) is 0 Å². The first-order valence-corrected chi connectivity index (χ1v) is 4.46. The molecule has 1 aromatic rings. The van der Waals surface area contributed by atoms with E-state index >= 15 is 0 Å². The van der Waals surface area contributed by atoms with E-state index in [2.05, 4.69) is 10.3 Å². The van der Waals surface area contributed by atoms with Crippen molar-refractivity contribution >= 4 is 0 Å². The Labute approximate surface area is 77.0 Å². The molecule has 0 spiro atoms. The lowest BCUT2D eigenvalue weighted by atomic mass is 10.2. The minimum Gasteiger partial charge on any atom is -0.396 e. The quantitative estimate of drug-likeness (QED) is 0.661. The molecule has 0 aliphatic rings. The zero-order chi connectivity index (χ0) is 9.68. The van der Waals surface area contributed by atoms with Crippen molar-refractivity contribution in [3.8, 4) is 0 Å². The molecule has 0 saturated carbocycles. The Balaban J connectivity index is 2.75. The molecule has 5 heteroatoms. The standard InChI is InChI=1S/C8H15N3O2/c1-2-8-7(6-13)9-10-11(8)4-3-5-12/h12-13H,2-6H2,1H3. The zero-order valence-corrected chi connectivity index (χ0v) is 7.77. The van der Waals surface area contributed by atoms with Gasteiger partial charge in [-0.15, -0.1) is 5.10 Å². The van der Waals surface area contributed by atoms with Crippen LogP contribution in [0.2, 0.25) is 0 Å². The van der Waals surface area contributed by atoms with Crippen LogP contribution in [-0.2, 0) is 19.6 Å². The maximum atomic E-state index is 8.92. The number of hydrogen-bond acceptors (Lipinski definition) is 4. The van der Waals surface area contributed by atoms with Gasteiger partial charge in [-0.2, -0.15) is 0 Å². The summed E-state index contributed by atoms with van der Waals surface area (Å²) in [6.45, 7) is 2.74. The number of nitrogens with zero attached hydrogens (tertiary/aromatic N) is 3. The van der Waals surface area contributed by atoms with E-state index in [1.807, 2.05) is 6.92 Å². The van der Waals surface area contributed by atoms with Gasteiger partial charge in [-0.3, -0.25) is 0 Å². The molecular weight excluding hydrogens is 170 g/mol. The Kier molecular flexibility index (Phi) is 3.85. The van der Waals surface area contributed by atoms with E-state index < -0.39 is 0 Å². The fraction of sp³-hybridized carbons (Fsp3) is 0.750. The highest BCUT2D eigenvalue weighted by molar-refractivity contribution is 5.08. The fourth-order valence-electron chi connectivity index (χ4n) is 1.28. The maximum absolute atomic E-state index is 8.92. The Morgan fingerprint density at radius 3 is 2.69 bits per heavy atom. The molecule has 0 radical (unpaired) electrons. The van der Waals surface area contributed by atoms with Gasteiger partial charge in [0.1, 0.15) is 5.69 Å². The van der Waals surface area contributed by atoms with Crippen molar-refractivity contribution in [1.82, 2.24) is 15.0 Å². The summed E-state index contributed by atoms with van der Waals surface area (Å²) in [5.74, 6) is 0. The number of aliphatic hydroxyl groups excluding tert-OH is 2. The number of rotatable bonds is 5. The van der Waals surface area contributed by atoms with Crippen LogP contribution < -0.4 is 0 Å². The minimum absolute atomic E-state index is 0.0672. The molecule has 0 fully saturated rings. The molecule has 74 valence electrons. The molecular formula is C8H15N3O2. The van der Waals surface area contributed by atoms with Crippen molar-refractivity contribution < 1.29 is 10.2 Å². The van der Waals surface area contributed by atoms with E-state index in [4.69, 9.17) is 10.2 Å². The lowest BCUT2D eigenvalue weighted by Gasteiger charge is -2.03. The van der Waals surface area contributed by atoms with Crippen LogP contribution >= 0.6 is 0 Å². The summed E-state index contributed by atoms with van der Waals surface area (Å²) in [5.41, 5.74) is 1.59. The molecule has 0 amide bonds. The van der Waals surface area contributed by atoms with Crippen LogP contribution in [0.5, 0.6) is 0 Å². The number of hydrogen-bond donors (Lipinski definition) is 2. The van der Waals surface area contributed by atoms with E-state index in [0.717, 1.165) is 12.1 Å². The average Bonchev–Trinajstić information content (AvgIpc) is 2.56. The highest BCUT2D eigenvalue weighted by atomic mass is 16.3. The van der Waals surface area contributed by atoms with Gasteiger partial charge in [-0.25, -0.2) is 4.68 Å². The van der Waals surface area contributed by atoms with Crippen molar-refractivity contribution in [2.45, 2.75) is 32.9 Å². The third kappa shape index (κ3) is 2.26. The molecule has 13 heavy (non-hydrogen) atoms. The first kappa shape index (κ1) is 10.1. The Bertz CT molecular complexity index is 260. The van der Waals surface area contributed by atoms with Crippen molar-refractivity contribution in [2.75, 3.05) is 6.61 Å². The molecule has 0 bridgehead atoms. The van der Waals surface area contributed by atoms with Crippen LogP contribution in [-0.4, -0.2) is 31.8 Å². The van der Waals surface area contributed by atoms with E-state index in [1.54, 1.807) is 4.68 Å². The molecule has 1 heterocycles. The SMILES string of the molecule is CCc1c(CO)nnn1CCCO. The molecule has 1 rings (SSSR count). The molecule has 0 aromatic carbocycles. The first-order chi connectivity index (χ1) is 6.33. The monoisotopic (exact) mass is 185 g/mol. The summed E-state index contributed by atoms with van der Waals surface area (Å²) in [6.07, 6.45) is 1.47. The van der Waals surface area contributed by atoms with E-state index in [0.29, 0.717) is 18.7 Å². The Morgan fingerprint density at radius 2 is 2.15 bits per heavy atom. The second kappa shape index (κ2) is 4.94. The van der Waals surface area contributed by atoms with Crippen LogP contribution in [0.4, 0.5) is 0 Å². The summed E-state index contributed by atoms with van der Waals surface area (Å²) < 4.78 is 1.74. The predicted octanol–water partition coefficient (Wildman–Crippen LogP) is -0.285. The number of aromatic nitrogens is 3. The van der Waals surface area contributed by atoms with E-state index in [1.165, 1.54) is 0 Å². The topological polar surface area (TPSA) is 71.2 Å². The van der Waals surface area contributed by atoms with Crippen molar-refractivity contribution in [1.29, 1.82) is 0 Å². The highest BCUT2D eigenvalue weighted by Gasteiger charge is 2.08. The second-order valence-electron chi connectivity index (χ2n) is 2.79. The van der Waals surface area contributed by atoms with E-state index in [9.17, 15) is 0 Å². The van der Waals surface area contributed by atoms with Gasteiger partial charge in [0.25, 0.3) is 0 Å². The normalized spacial score (nSPS) is 10.7. The lowest BCUT2D eigenvalue weighted by Crippen LogP contribution is -2.06. The molecule has 1 aromatic heterocycles. The maximum Gasteiger partial charge on any atom is 0.111 e. The largest absolute Gasteiger partial charge is 0.396 e. The van der Waals surface area contributed by atoms with E-state index in [-0.39, 0.29) is 13.2 Å². The van der Waals surface area contributed by atoms with Crippen LogP contribution in [0.15, 0.2) is 0 Å². The molecule has 0 aliphatic heterocycles. The van der Waals surface area contributed by atoms with Gasteiger partial charge in [0.15, 0.2) is 0 Å². The van der Waals surface area contributed by atoms with Crippen LogP contribution in [0.3, 0.4) is 0 Å². The number of aliphatic hydroxyl groups is 2. The van der Waals surface area contributed by atoms with Crippen molar-refractivity contribution in [3.63, 3.8) is 0 Å². The van der Waals surface area contributed by atoms with Gasteiger partial charge in [0, 0.05) is 13.2 Å². The molecule has 5 nitrogen and oxygen atoms in total. The van der Waals surface area contributed by atoms with Gasteiger partial charge in [-0.05, 0) is 12.8 Å². The average molecular weight is 185 g/mol. The molecule has 0 saturated heterocycles. The minimum atomic E-state index is -0.0672. The summed E-state index contributed by atoms with van der Waals surface area (Å²) in [5, 5.41) is 25.3. The Hall–Kier alpha value is -0.940. The summed E-state index contributed by atoms with van der Waals surface area (Å²) in [4.78, 5) is 0. The van der Waals surface area contributed by atoms with Gasteiger partial charge in [-0.1, -0.05) is 12.1 Å². The zero-order valence-electron chi connectivity index (χ0n) is 7.77.